The monoisotopic (exact) mass is 253 g/mol. The van der Waals surface area contributed by atoms with E-state index in [0.29, 0.717) is 0 Å². The van der Waals surface area contributed by atoms with Crippen LogP contribution >= 0.6 is 11.8 Å². The summed E-state index contributed by atoms with van der Waals surface area (Å²) in [6.07, 6.45) is 4.84. The topological polar surface area (TPSA) is 21.3 Å². The number of unbranched alkanes of at least 4 members (excludes halogenated alkanes) is 1. The molecule has 2 nitrogen and oxygen atoms in total. The Hall–Kier alpha value is -0.830. The smallest absolute Gasteiger partial charge is 0.142 e. The summed E-state index contributed by atoms with van der Waals surface area (Å²) in [7, 11) is 0. The quantitative estimate of drug-likeness (QED) is 0.707. The maximum Gasteiger partial charge on any atom is 0.142 e. The Balaban J connectivity index is 2.40. The van der Waals surface area contributed by atoms with E-state index in [2.05, 4.69) is 31.5 Å². The fourth-order valence-corrected chi connectivity index (χ4v) is 2.06. The molecule has 0 bridgehead atoms. The first kappa shape index (κ1) is 14.2. The third-order valence-corrected chi connectivity index (χ3v) is 3.04. The molecule has 0 saturated carbocycles. The minimum absolute atomic E-state index is 0.217. The van der Waals surface area contributed by atoms with Crippen LogP contribution in [0.1, 0.15) is 26.7 Å². The highest BCUT2D eigenvalue weighted by molar-refractivity contribution is 7.98. The highest BCUT2D eigenvalue weighted by Crippen LogP contribution is 2.24. The Kier molecular flexibility index (Phi) is 6.94. The van der Waals surface area contributed by atoms with Gasteiger partial charge in [-0.25, -0.2) is 0 Å². The molecule has 17 heavy (non-hydrogen) atoms. The van der Waals surface area contributed by atoms with Gasteiger partial charge in [0.15, 0.2) is 0 Å². The summed E-state index contributed by atoms with van der Waals surface area (Å²) >= 11 is 1.91. The number of ether oxygens (including phenoxy) is 1. The Morgan fingerprint density at radius 2 is 2.00 bits per heavy atom. The molecule has 0 heterocycles. The molecule has 96 valence electrons. The van der Waals surface area contributed by atoms with E-state index in [9.17, 15) is 0 Å². The second kappa shape index (κ2) is 8.29. The molecule has 1 N–H and O–H groups in total. The lowest BCUT2D eigenvalue weighted by Gasteiger charge is -2.15. The molecule has 0 aromatic heterocycles. The zero-order valence-electron chi connectivity index (χ0n) is 11.0. The molecule has 1 rings (SSSR count). The lowest BCUT2D eigenvalue weighted by molar-refractivity contribution is 0.243. The second-order valence-corrected chi connectivity index (χ2v) is 5.28. The van der Waals surface area contributed by atoms with Gasteiger partial charge in [-0.1, -0.05) is 12.1 Å². The number of thioether (sulfide) groups is 1. The van der Waals surface area contributed by atoms with Crippen molar-refractivity contribution in [2.24, 2.45) is 0 Å². The van der Waals surface area contributed by atoms with Crippen molar-refractivity contribution in [1.29, 1.82) is 0 Å². The van der Waals surface area contributed by atoms with Crippen molar-refractivity contribution >= 4 is 17.4 Å². The molecule has 0 aliphatic carbocycles. The maximum absolute atomic E-state index is 5.76. The van der Waals surface area contributed by atoms with Crippen LogP contribution in [-0.4, -0.2) is 24.7 Å². The van der Waals surface area contributed by atoms with Gasteiger partial charge in [0.1, 0.15) is 5.75 Å². The van der Waals surface area contributed by atoms with E-state index in [-0.39, 0.29) is 6.10 Å². The van der Waals surface area contributed by atoms with Crippen LogP contribution in [0, 0.1) is 0 Å². The minimum Gasteiger partial charge on any atom is -0.489 e. The molecule has 0 aliphatic rings. The maximum atomic E-state index is 5.76. The van der Waals surface area contributed by atoms with Crippen molar-refractivity contribution in [3.05, 3.63) is 24.3 Å². The van der Waals surface area contributed by atoms with Gasteiger partial charge in [0.25, 0.3) is 0 Å². The predicted molar refractivity (Wildman–Crippen MR) is 78.3 cm³/mol. The molecule has 0 fully saturated rings. The first-order valence-corrected chi connectivity index (χ1v) is 7.62. The molecule has 3 heteroatoms. The van der Waals surface area contributed by atoms with Gasteiger partial charge in [0.05, 0.1) is 11.8 Å². The number of anilines is 1. The number of nitrogens with one attached hydrogen (secondary N) is 1. The van der Waals surface area contributed by atoms with Gasteiger partial charge < -0.3 is 10.1 Å². The molecule has 1 aromatic rings. The van der Waals surface area contributed by atoms with E-state index < -0.39 is 0 Å². The molecule has 0 amide bonds. The number of para-hydroxylation sites is 2. The first-order chi connectivity index (χ1) is 8.24. The van der Waals surface area contributed by atoms with Crippen LogP contribution < -0.4 is 10.1 Å². The molecule has 0 unspecified atom stereocenters. The molecular formula is C14H23NOS. The lowest BCUT2D eigenvalue weighted by atomic mass is 10.2. The molecule has 0 atom stereocenters. The van der Waals surface area contributed by atoms with Crippen molar-refractivity contribution in [3.8, 4) is 5.75 Å². The average Bonchev–Trinajstić information content (AvgIpc) is 2.30. The fraction of sp³-hybridized carbons (Fsp3) is 0.571. The Labute approximate surface area is 109 Å². The number of hydrogen-bond acceptors (Lipinski definition) is 3. The van der Waals surface area contributed by atoms with Crippen LogP contribution in [-0.2, 0) is 0 Å². The van der Waals surface area contributed by atoms with Crippen LogP contribution in [0.2, 0.25) is 0 Å². The van der Waals surface area contributed by atoms with E-state index >= 15 is 0 Å². The summed E-state index contributed by atoms with van der Waals surface area (Å²) in [5, 5.41) is 3.44. The standard InChI is InChI=1S/C14H23NOS/c1-12(2)16-14-9-5-4-8-13(14)15-10-6-7-11-17-3/h4-5,8-9,12,15H,6-7,10-11H2,1-3H3. The molecule has 0 radical (unpaired) electrons. The van der Waals surface area contributed by atoms with Crippen LogP contribution in [0.4, 0.5) is 5.69 Å². The average molecular weight is 253 g/mol. The summed E-state index contributed by atoms with van der Waals surface area (Å²) in [6, 6.07) is 8.14. The molecular weight excluding hydrogens is 230 g/mol. The molecule has 0 spiro atoms. The van der Waals surface area contributed by atoms with Crippen LogP contribution in [0.3, 0.4) is 0 Å². The van der Waals surface area contributed by atoms with Crippen molar-refractivity contribution in [2.45, 2.75) is 32.8 Å². The normalized spacial score (nSPS) is 10.6. The van der Waals surface area contributed by atoms with Crippen LogP contribution in [0.15, 0.2) is 24.3 Å². The second-order valence-electron chi connectivity index (χ2n) is 4.29. The zero-order chi connectivity index (χ0) is 12.5. The predicted octanol–water partition coefficient (Wildman–Crippen LogP) is 4.03. The van der Waals surface area contributed by atoms with Crippen molar-refractivity contribution in [3.63, 3.8) is 0 Å². The Morgan fingerprint density at radius 3 is 2.71 bits per heavy atom. The van der Waals surface area contributed by atoms with Crippen molar-refractivity contribution in [1.82, 2.24) is 0 Å². The third kappa shape index (κ3) is 5.87. The minimum atomic E-state index is 0.217. The molecule has 0 saturated heterocycles. The van der Waals surface area contributed by atoms with E-state index in [1.54, 1.807) is 0 Å². The Morgan fingerprint density at radius 1 is 1.24 bits per heavy atom. The van der Waals surface area contributed by atoms with Gasteiger partial charge in [0.2, 0.25) is 0 Å². The Bertz CT molecular complexity index is 315. The van der Waals surface area contributed by atoms with Gasteiger partial charge >= 0.3 is 0 Å². The summed E-state index contributed by atoms with van der Waals surface area (Å²) < 4.78 is 5.76. The van der Waals surface area contributed by atoms with E-state index in [4.69, 9.17) is 4.74 Å². The van der Waals surface area contributed by atoms with Gasteiger partial charge in [-0.2, -0.15) is 11.8 Å². The summed E-state index contributed by atoms with van der Waals surface area (Å²) in [5.74, 6) is 2.19. The summed E-state index contributed by atoms with van der Waals surface area (Å²) in [4.78, 5) is 0. The highest BCUT2D eigenvalue weighted by atomic mass is 32.2. The largest absolute Gasteiger partial charge is 0.489 e. The van der Waals surface area contributed by atoms with Gasteiger partial charge in [0, 0.05) is 6.54 Å². The highest BCUT2D eigenvalue weighted by Gasteiger charge is 2.03. The number of hydrogen-bond donors (Lipinski definition) is 1. The van der Waals surface area contributed by atoms with Crippen molar-refractivity contribution in [2.75, 3.05) is 23.9 Å². The third-order valence-electron chi connectivity index (χ3n) is 2.34. The van der Waals surface area contributed by atoms with Crippen molar-refractivity contribution < 1.29 is 4.74 Å². The lowest BCUT2D eigenvalue weighted by Crippen LogP contribution is -2.09. The molecule has 0 aliphatic heterocycles. The summed E-state index contributed by atoms with van der Waals surface area (Å²) in [5.41, 5.74) is 1.10. The van der Waals surface area contributed by atoms with Crippen LogP contribution in [0.25, 0.3) is 0 Å². The number of rotatable bonds is 8. The van der Waals surface area contributed by atoms with Gasteiger partial charge in [-0.3, -0.25) is 0 Å². The van der Waals surface area contributed by atoms with E-state index in [0.717, 1.165) is 18.0 Å². The zero-order valence-corrected chi connectivity index (χ0v) is 11.8. The van der Waals surface area contributed by atoms with E-state index in [1.165, 1.54) is 18.6 Å². The number of benzene rings is 1. The molecule has 1 aromatic carbocycles. The van der Waals surface area contributed by atoms with Gasteiger partial charge in [-0.05, 0) is 50.8 Å². The SMILES string of the molecule is CSCCCCNc1ccccc1OC(C)C. The van der Waals surface area contributed by atoms with Crippen LogP contribution in [0.5, 0.6) is 5.75 Å². The fourth-order valence-electron chi connectivity index (χ4n) is 1.56. The van der Waals surface area contributed by atoms with Gasteiger partial charge in [-0.15, -0.1) is 0 Å². The van der Waals surface area contributed by atoms with E-state index in [1.807, 2.05) is 30.0 Å². The first-order valence-electron chi connectivity index (χ1n) is 6.22. The summed E-state index contributed by atoms with van der Waals surface area (Å²) in [6.45, 7) is 5.11.